The molecule has 7 N–H and O–H groups in total. The molecular weight excluding hydrogens is 220 g/mol. The molecule has 0 radical (unpaired) electrons. The van der Waals surface area contributed by atoms with Crippen LogP contribution in [0.4, 0.5) is 0 Å². The standard InChI is InChI=1S/C12H28N2O3/c13-7-2-1-3-11(4-8-15)12(14,5-9-16)6-10-17/h11,15-17H,1-10,13-14H2. The molecule has 0 aromatic heterocycles. The summed E-state index contributed by atoms with van der Waals surface area (Å²) in [5.74, 6) is 0.123. The monoisotopic (exact) mass is 248 g/mol. The summed E-state index contributed by atoms with van der Waals surface area (Å²) in [4.78, 5) is 0. The summed E-state index contributed by atoms with van der Waals surface area (Å²) in [7, 11) is 0. The van der Waals surface area contributed by atoms with Crippen LogP contribution in [-0.4, -0.2) is 47.2 Å². The van der Waals surface area contributed by atoms with Gasteiger partial charge in [-0.25, -0.2) is 0 Å². The lowest BCUT2D eigenvalue weighted by molar-refractivity contribution is 0.117. The van der Waals surface area contributed by atoms with Crippen molar-refractivity contribution in [3.63, 3.8) is 0 Å². The molecule has 5 nitrogen and oxygen atoms in total. The molecule has 0 aliphatic heterocycles. The second kappa shape index (κ2) is 9.79. The lowest BCUT2D eigenvalue weighted by Crippen LogP contribution is -2.49. The number of nitrogens with two attached hydrogens (primary N) is 2. The zero-order chi connectivity index (χ0) is 13.1. The summed E-state index contributed by atoms with van der Waals surface area (Å²) >= 11 is 0. The van der Waals surface area contributed by atoms with Crippen LogP contribution in [-0.2, 0) is 0 Å². The van der Waals surface area contributed by atoms with E-state index < -0.39 is 5.54 Å². The molecular formula is C12H28N2O3. The molecule has 1 atom stereocenters. The van der Waals surface area contributed by atoms with Crippen molar-refractivity contribution in [3.8, 4) is 0 Å². The molecule has 0 aliphatic carbocycles. The van der Waals surface area contributed by atoms with E-state index in [1.807, 2.05) is 0 Å². The van der Waals surface area contributed by atoms with Crippen LogP contribution < -0.4 is 11.5 Å². The van der Waals surface area contributed by atoms with Gasteiger partial charge in [0.15, 0.2) is 0 Å². The van der Waals surface area contributed by atoms with E-state index in [0.29, 0.717) is 25.8 Å². The Labute approximate surface area is 104 Å². The second-order valence-corrected chi connectivity index (χ2v) is 4.67. The van der Waals surface area contributed by atoms with E-state index in [2.05, 4.69) is 0 Å². The largest absolute Gasteiger partial charge is 0.396 e. The SMILES string of the molecule is NCCCCC(CCO)C(N)(CCO)CCO. The van der Waals surface area contributed by atoms with Crippen molar-refractivity contribution in [2.75, 3.05) is 26.4 Å². The van der Waals surface area contributed by atoms with Gasteiger partial charge < -0.3 is 26.8 Å². The Morgan fingerprint density at radius 1 is 0.882 bits per heavy atom. The molecule has 0 heterocycles. The van der Waals surface area contributed by atoms with Crippen molar-refractivity contribution in [3.05, 3.63) is 0 Å². The average molecular weight is 248 g/mol. The van der Waals surface area contributed by atoms with Crippen LogP contribution in [0.3, 0.4) is 0 Å². The van der Waals surface area contributed by atoms with Crippen LogP contribution >= 0.6 is 0 Å². The smallest absolute Gasteiger partial charge is 0.0448 e. The molecule has 0 saturated heterocycles. The van der Waals surface area contributed by atoms with Gasteiger partial charge in [-0.05, 0) is 44.6 Å². The lowest BCUT2D eigenvalue weighted by atomic mass is 9.75. The Hall–Kier alpha value is -0.200. The highest BCUT2D eigenvalue weighted by molar-refractivity contribution is 4.91. The molecule has 0 fully saturated rings. The van der Waals surface area contributed by atoms with E-state index in [0.717, 1.165) is 19.3 Å². The molecule has 5 heteroatoms. The lowest BCUT2D eigenvalue weighted by Gasteiger charge is -2.37. The van der Waals surface area contributed by atoms with E-state index in [-0.39, 0.29) is 25.7 Å². The maximum Gasteiger partial charge on any atom is 0.0448 e. The van der Waals surface area contributed by atoms with Gasteiger partial charge >= 0.3 is 0 Å². The van der Waals surface area contributed by atoms with E-state index in [1.54, 1.807) is 0 Å². The molecule has 17 heavy (non-hydrogen) atoms. The molecule has 0 rings (SSSR count). The maximum atomic E-state index is 9.09. The van der Waals surface area contributed by atoms with Crippen molar-refractivity contribution in [1.82, 2.24) is 0 Å². The van der Waals surface area contributed by atoms with Gasteiger partial charge in [0.25, 0.3) is 0 Å². The average Bonchev–Trinajstić information content (AvgIpc) is 2.29. The van der Waals surface area contributed by atoms with Gasteiger partial charge in [-0.3, -0.25) is 0 Å². The zero-order valence-electron chi connectivity index (χ0n) is 10.6. The Balaban J connectivity index is 4.45. The fraction of sp³-hybridized carbons (Fsp3) is 1.00. The fourth-order valence-corrected chi connectivity index (χ4v) is 2.36. The molecule has 1 unspecified atom stereocenters. The minimum Gasteiger partial charge on any atom is -0.396 e. The Bertz CT molecular complexity index is 173. The van der Waals surface area contributed by atoms with Crippen LogP contribution in [0.15, 0.2) is 0 Å². The van der Waals surface area contributed by atoms with Crippen LogP contribution in [0.25, 0.3) is 0 Å². The zero-order valence-corrected chi connectivity index (χ0v) is 10.6. The minimum atomic E-state index is -0.583. The third kappa shape index (κ3) is 6.33. The van der Waals surface area contributed by atoms with Gasteiger partial charge in [-0.1, -0.05) is 6.42 Å². The molecule has 0 amide bonds. The highest BCUT2D eigenvalue weighted by atomic mass is 16.3. The van der Waals surface area contributed by atoms with Crippen LogP contribution in [0.2, 0.25) is 0 Å². The van der Waals surface area contributed by atoms with Crippen LogP contribution in [0.1, 0.15) is 38.5 Å². The molecule has 0 aliphatic rings. The van der Waals surface area contributed by atoms with Crippen molar-refractivity contribution in [1.29, 1.82) is 0 Å². The predicted octanol–water partition coefficient (Wildman–Crippen LogP) is -0.424. The summed E-state index contributed by atoms with van der Waals surface area (Å²) in [5, 5.41) is 27.2. The highest BCUT2D eigenvalue weighted by Gasteiger charge is 2.32. The first-order valence-corrected chi connectivity index (χ1v) is 6.46. The molecule has 0 aromatic carbocycles. The number of aliphatic hydroxyl groups is 3. The summed E-state index contributed by atoms with van der Waals surface area (Å²) in [6.45, 7) is 0.761. The molecule has 0 aromatic rings. The Morgan fingerprint density at radius 2 is 1.47 bits per heavy atom. The van der Waals surface area contributed by atoms with Crippen LogP contribution in [0.5, 0.6) is 0 Å². The Morgan fingerprint density at radius 3 is 1.88 bits per heavy atom. The molecule has 0 spiro atoms. The van der Waals surface area contributed by atoms with E-state index in [1.165, 1.54) is 0 Å². The van der Waals surface area contributed by atoms with Gasteiger partial charge in [0.1, 0.15) is 0 Å². The third-order valence-electron chi connectivity index (χ3n) is 3.45. The number of aliphatic hydroxyl groups excluding tert-OH is 3. The molecule has 0 bridgehead atoms. The summed E-state index contributed by atoms with van der Waals surface area (Å²) in [6.07, 6.45) is 4.32. The van der Waals surface area contributed by atoms with E-state index in [9.17, 15) is 0 Å². The van der Waals surface area contributed by atoms with Gasteiger partial charge in [-0.15, -0.1) is 0 Å². The van der Waals surface area contributed by atoms with Gasteiger partial charge in [0, 0.05) is 25.4 Å². The molecule has 0 saturated carbocycles. The number of hydrogen-bond acceptors (Lipinski definition) is 5. The normalized spacial score (nSPS) is 13.9. The summed E-state index contributed by atoms with van der Waals surface area (Å²) < 4.78 is 0. The Kier molecular flexibility index (Phi) is 9.68. The maximum absolute atomic E-state index is 9.09. The number of rotatable bonds is 11. The van der Waals surface area contributed by atoms with E-state index >= 15 is 0 Å². The second-order valence-electron chi connectivity index (χ2n) is 4.67. The fourth-order valence-electron chi connectivity index (χ4n) is 2.36. The third-order valence-corrected chi connectivity index (χ3v) is 3.45. The first-order chi connectivity index (χ1) is 8.14. The first kappa shape index (κ1) is 16.8. The van der Waals surface area contributed by atoms with E-state index in [4.69, 9.17) is 26.8 Å². The highest BCUT2D eigenvalue weighted by Crippen LogP contribution is 2.29. The van der Waals surface area contributed by atoms with Gasteiger partial charge in [0.2, 0.25) is 0 Å². The topological polar surface area (TPSA) is 113 Å². The predicted molar refractivity (Wildman–Crippen MR) is 68.4 cm³/mol. The van der Waals surface area contributed by atoms with Gasteiger partial charge in [0.05, 0.1) is 0 Å². The molecule has 104 valence electrons. The number of hydrogen-bond donors (Lipinski definition) is 5. The van der Waals surface area contributed by atoms with Crippen molar-refractivity contribution >= 4 is 0 Å². The first-order valence-electron chi connectivity index (χ1n) is 6.46. The van der Waals surface area contributed by atoms with Crippen molar-refractivity contribution in [2.24, 2.45) is 17.4 Å². The van der Waals surface area contributed by atoms with Crippen molar-refractivity contribution in [2.45, 2.75) is 44.1 Å². The quantitative estimate of drug-likeness (QED) is 0.319. The van der Waals surface area contributed by atoms with Gasteiger partial charge in [-0.2, -0.15) is 0 Å². The van der Waals surface area contributed by atoms with Crippen molar-refractivity contribution < 1.29 is 15.3 Å². The van der Waals surface area contributed by atoms with Crippen LogP contribution in [0, 0.1) is 5.92 Å². The number of unbranched alkanes of at least 4 members (excludes halogenated alkanes) is 1. The summed E-state index contributed by atoms with van der Waals surface area (Å²) in [5.41, 5.74) is 11.1. The minimum absolute atomic E-state index is 0.00924. The summed E-state index contributed by atoms with van der Waals surface area (Å²) in [6, 6.07) is 0.